The van der Waals surface area contributed by atoms with Gasteiger partial charge in [-0.25, -0.2) is 0 Å². The third-order valence-corrected chi connectivity index (χ3v) is 5.34. The molecule has 0 spiro atoms. The van der Waals surface area contributed by atoms with Crippen LogP contribution in [0.15, 0.2) is 34.2 Å². The monoisotopic (exact) mass is 358 g/mol. The number of benzene rings is 1. The van der Waals surface area contributed by atoms with Gasteiger partial charge in [-0.15, -0.1) is 0 Å². The van der Waals surface area contributed by atoms with E-state index in [1.807, 2.05) is 30.3 Å². The lowest BCUT2D eigenvalue weighted by atomic mass is 10.1. The van der Waals surface area contributed by atoms with Gasteiger partial charge in [0.05, 0.1) is 17.6 Å². The standard InChI is InChI=1S/C20H26N2O2S/c1-14(2)11-12-24-17-9-7-15(8-10-17)13-18-19(23)22-20(25-18)21-16-5-3-4-6-16/h7-10,13-14,16H,3-6,11-12H2,1-2H3,(H,21,22,23). The van der Waals surface area contributed by atoms with E-state index in [4.69, 9.17) is 4.74 Å². The van der Waals surface area contributed by atoms with E-state index in [0.29, 0.717) is 16.9 Å². The number of ether oxygens (including phenoxy) is 1. The van der Waals surface area contributed by atoms with E-state index in [9.17, 15) is 4.79 Å². The average molecular weight is 359 g/mol. The van der Waals surface area contributed by atoms with Gasteiger partial charge in [-0.05, 0) is 60.7 Å². The molecule has 1 amide bonds. The number of nitrogens with zero attached hydrogens (tertiary/aromatic N) is 1. The molecular formula is C20H26N2O2S. The molecule has 1 N–H and O–H groups in total. The van der Waals surface area contributed by atoms with Crippen LogP contribution in [0.2, 0.25) is 0 Å². The number of carbonyl (C=O) groups excluding carboxylic acids is 1. The first kappa shape index (κ1) is 18.1. The molecule has 1 aliphatic heterocycles. The Morgan fingerprint density at radius 1 is 1.28 bits per heavy atom. The quantitative estimate of drug-likeness (QED) is 0.755. The number of hydrogen-bond acceptors (Lipinski definition) is 4. The van der Waals surface area contributed by atoms with Crippen molar-refractivity contribution in [1.82, 2.24) is 5.32 Å². The second kappa shape index (κ2) is 8.56. The highest BCUT2D eigenvalue weighted by molar-refractivity contribution is 8.18. The summed E-state index contributed by atoms with van der Waals surface area (Å²) >= 11 is 1.44. The van der Waals surface area contributed by atoms with Gasteiger partial charge in [0.2, 0.25) is 0 Å². The molecule has 1 saturated carbocycles. The molecule has 1 saturated heterocycles. The van der Waals surface area contributed by atoms with Crippen molar-refractivity contribution in [3.63, 3.8) is 0 Å². The highest BCUT2D eigenvalue weighted by Crippen LogP contribution is 2.29. The van der Waals surface area contributed by atoms with Crippen LogP contribution in [0, 0.1) is 5.92 Å². The molecule has 0 radical (unpaired) electrons. The lowest BCUT2D eigenvalue weighted by molar-refractivity contribution is -0.115. The normalized spacial score (nSPS) is 21.5. The molecule has 5 heteroatoms. The van der Waals surface area contributed by atoms with E-state index in [-0.39, 0.29) is 5.91 Å². The summed E-state index contributed by atoms with van der Waals surface area (Å²) in [5.41, 5.74) is 0.996. The van der Waals surface area contributed by atoms with Crippen LogP contribution >= 0.6 is 11.8 Å². The van der Waals surface area contributed by atoms with Crippen molar-refractivity contribution in [2.45, 2.75) is 52.0 Å². The molecule has 0 aromatic heterocycles. The average Bonchev–Trinajstić information content (AvgIpc) is 3.19. The van der Waals surface area contributed by atoms with Crippen LogP contribution in [0.1, 0.15) is 51.5 Å². The molecule has 0 atom stereocenters. The van der Waals surface area contributed by atoms with Crippen molar-refractivity contribution in [1.29, 1.82) is 0 Å². The number of aliphatic imine (C=N–C) groups is 1. The minimum atomic E-state index is -0.0565. The Morgan fingerprint density at radius 2 is 2.00 bits per heavy atom. The van der Waals surface area contributed by atoms with Gasteiger partial charge >= 0.3 is 0 Å². The minimum absolute atomic E-state index is 0.0565. The Hall–Kier alpha value is -1.75. The molecule has 0 bridgehead atoms. The largest absolute Gasteiger partial charge is 0.494 e. The molecule has 134 valence electrons. The zero-order valence-corrected chi connectivity index (χ0v) is 15.8. The van der Waals surface area contributed by atoms with Gasteiger partial charge in [0.15, 0.2) is 5.17 Å². The molecule has 1 aromatic carbocycles. The number of amidine groups is 1. The number of thioether (sulfide) groups is 1. The first-order valence-electron chi connectivity index (χ1n) is 9.12. The first-order valence-corrected chi connectivity index (χ1v) is 9.93. The number of nitrogens with one attached hydrogen (secondary N) is 1. The van der Waals surface area contributed by atoms with E-state index in [0.717, 1.165) is 42.3 Å². The first-order chi connectivity index (χ1) is 12.1. The summed E-state index contributed by atoms with van der Waals surface area (Å²) in [4.78, 5) is 17.5. The number of rotatable bonds is 6. The molecule has 4 nitrogen and oxygen atoms in total. The summed E-state index contributed by atoms with van der Waals surface area (Å²) in [5, 5.41) is 3.63. The van der Waals surface area contributed by atoms with Crippen LogP contribution in [-0.4, -0.2) is 23.7 Å². The predicted molar refractivity (Wildman–Crippen MR) is 105 cm³/mol. The van der Waals surface area contributed by atoms with Crippen LogP contribution in [-0.2, 0) is 4.79 Å². The highest BCUT2D eigenvalue weighted by atomic mass is 32.2. The third kappa shape index (κ3) is 5.36. The lowest BCUT2D eigenvalue weighted by Gasteiger charge is -2.08. The molecule has 2 fully saturated rings. The molecular weight excluding hydrogens is 332 g/mol. The van der Waals surface area contributed by atoms with Crippen molar-refractivity contribution < 1.29 is 9.53 Å². The van der Waals surface area contributed by atoms with E-state index in [2.05, 4.69) is 24.2 Å². The van der Waals surface area contributed by atoms with Gasteiger partial charge < -0.3 is 10.1 Å². The molecule has 25 heavy (non-hydrogen) atoms. The molecule has 1 aliphatic carbocycles. The second-order valence-electron chi connectivity index (χ2n) is 7.04. The maximum atomic E-state index is 12.1. The number of carbonyl (C=O) groups is 1. The summed E-state index contributed by atoms with van der Waals surface area (Å²) in [6.45, 7) is 5.11. The van der Waals surface area contributed by atoms with Crippen LogP contribution in [0.25, 0.3) is 6.08 Å². The minimum Gasteiger partial charge on any atom is -0.494 e. The Bertz CT molecular complexity index is 659. The van der Waals surface area contributed by atoms with Gasteiger partial charge in [0, 0.05) is 0 Å². The van der Waals surface area contributed by atoms with Crippen molar-refractivity contribution in [3.8, 4) is 5.75 Å². The fourth-order valence-corrected chi connectivity index (χ4v) is 3.80. The Balaban J connectivity index is 1.59. The van der Waals surface area contributed by atoms with E-state index in [1.54, 1.807) is 0 Å². The fourth-order valence-electron chi connectivity index (χ4n) is 2.91. The molecule has 1 aromatic rings. The van der Waals surface area contributed by atoms with Crippen molar-refractivity contribution in [2.24, 2.45) is 10.9 Å². The predicted octanol–water partition coefficient (Wildman–Crippen LogP) is 4.61. The fraction of sp³-hybridized carbons (Fsp3) is 0.500. The lowest BCUT2D eigenvalue weighted by Crippen LogP contribution is -2.21. The van der Waals surface area contributed by atoms with E-state index >= 15 is 0 Å². The van der Waals surface area contributed by atoms with Crippen LogP contribution in [0.5, 0.6) is 5.75 Å². The maximum absolute atomic E-state index is 12.1. The number of amides is 1. The van der Waals surface area contributed by atoms with Crippen molar-refractivity contribution in [3.05, 3.63) is 34.7 Å². The highest BCUT2D eigenvalue weighted by Gasteiger charge is 2.25. The Labute approximate surface area is 154 Å². The zero-order chi connectivity index (χ0) is 17.6. The van der Waals surface area contributed by atoms with E-state index in [1.165, 1.54) is 24.6 Å². The van der Waals surface area contributed by atoms with E-state index < -0.39 is 0 Å². The van der Waals surface area contributed by atoms with Gasteiger partial charge in [0.1, 0.15) is 5.75 Å². The smallest absolute Gasteiger partial charge is 0.264 e. The van der Waals surface area contributed by atoms with Gasteiger partial charge in [-0.3, -0.25) is 9.79 Å². The van der Waals surface area contributed by atoms with Crippen LogP contribution < -0.4 is 10.1 Å². The van der Waals surface area contributed by atoms with Crippen LogP contribution in [0.3, 0.4) is 0 Å². The van der Waals surface area contributed by atoms with Crippen molar-refractivity contribution in [2.75, 3.05) is 6.61 Å². The summed E-state index contributed by atoms with van der Waals surface area (Å²) < 4.78 is 5.73. The van der Waals surface area contributed by atoms with Gasteiger partial charge in [0.25, 0.3) is 5.91 Å². The molecule has 2 aliphatic rings. The molecule has 0 unspecified atom stereocenters. The third-order valence-electron chi connectivity index (χ3n) is 4.42. The van der Waals surface area contributed by atoms with Crippen molar-refractivity contribution >= 4 is 28.9 Å². The zero-order valence-electron chi connectivity index (χ0n) is 15.0. The molecule has 3 rings (SSSR count). The van der Waals surface area contributed by atoms with Gasteiger partial charge in [-0.1, -0.05) is 38.8 Å². The maximum Gasteiger partial charge on any atom is 0.264 e. The van der Waals surface area contributed by atoms with Crippen LogP contribution in [0.4, 0.5) is 0 Å². The molecule has 1 heterocycles. The summed E-state index contributed by atoms with van der Waals surface area (Å²) in [6.07, 6.45) is 7.72. The summed E-state index contributed by atoms with van der Waals surface area (Å²) in [5.74, 6) is 1.45. The number of hydrogen-bond donors (Lipinski definition) is 1. The van der Waals surface area contributed by atoms with Gasteiger partial charge in [-0.2, -0.15) is 0 Å². The summed E-state index contributed by atoms with van der Waals surface area (Å²) in [7, 11) is 0. The topological polar surface area (TPSA) is 50.7 Å². The second-order valence-corrected chi connectivity index (χ2v) is 8.07. The Morgan fingerprint density at radius 3 is 2.68 bits per heavy atom. The Kier molecular flexibility index (Phi) is 6.19. The SMILES string of the molecule is CC(C)CCOc1ccc(C=C2SC(=NC3CCCC3)NC2=O)cc1. The summed E-state index contributed by atoms with van der Waals surface area (Å²) in [6, 6.07) is 8.26.